The lowest BCUT2D eigenvalue weighted by atomic mass is 9.95. The van der Waals surface area contributed by atoms with Crippen molar-refractivity contribution in [2.75, 3.05) is 33.4 Å². The Labute approximate surface area is 190 Å². The number of ether oxygens (including phenoxy) is 2. The minimum Gasteiger partial charge on any atom is -0.504 e. The molecule has 2 aromatic carbocycles. The normalized spacial score (nSPS) is 20.7. The average Bonchev–Trinajstić information content (AvgIpc) is 2.80. The van der Waals surface area contributed by atoms with Gasteiger partial charge in [-0.15, -0.1) is 0 Å². The van der Waals surface area contributed by atoms with Crippen LogP contribution in [0, 0.1) is 0 Å². The third-order valence-corrected chi connectivity index (χ3v) is 6.51. The Hall–Kier alpha value is -2.73. The fourth-order valence-corrected chi connectivity index (χ4v) is 4.82. The molecule has 1 unspecified atom stereocenters. The second-order valence-corrected chi connectivity index (χ2v) is 8.84. The second kappa shape index (κ2) is 10.7. The van der Waals surface area contributed by atoms with Crippen LogP contribution in [0.3, 0.4) is 0 Å². The molecule has 2 aromatic rings. The first-order chi connectivity index (χ1) is 15.6. The Morgan fingerprint density at radius 1 is 1.09 bits per heavy atom. The van der Waals surface area contributed by atoms with Gasteiger partial charge in [-0.1, -0.05) is 18.2 Å². The molecule has 2 bridgehead atoms. The maximum absolute atomic E-state index is 13.3. The molecule has 172 valence electrons. The van der Waals surface area contributed by atoms with Crippen molar-refractivity contribution in [2.45, 2.75) is 51.1 Å². The van der Waals surface area contributed by atoms with E-state index in [4.69, 9.17) is 9.47 Å². The number of carbonyl (C=O) groups is 1. The van der Waals surface area contributed by atoms with Crippen molar-refractivity contribution in [3.63, 3.8) is 0 Å². The van der Waals surface area contributed by atoms with Gasteiger partial charge < -0.3 is 19.5 Å². The zero-order valence-corrected chi connectivity index (χ0v) is 19.0. The lowest BCUT2D eigenvalue weighted by Gasteiger charge is -2.37. The molecular weight excluding hydrogens is 404 g/mol. The zero-order chi connectivity index (χ0) is 22.3. The van der Waals surface area contributed by atoms with E-state index in [-0.39, 0.29) is 11.7 Å². The van der Waals surface area contributed by atoms with Gasteiger partial charge in [0.25, 0.3) is 0 Å². The summed E-state index contributed by atoms with van der Waals surface area (Å²) in [6.45, 7) is 3.18. The second-order valence-electron chi connectivity index (χ2n) is 8.84. The van der Waals surface area contributed by atoms with Gasteiger partial charge in [0, 0.05) is 25.7 Å². The molecule has 1 fully saturated rings. The summed E-state index contributed by atoms with van der Waals surface area (Å²) in [5.41, 5.74) is 2.24. The molecule has 2 aliphatic rings. The number of hydrogen-bond donors (Lipinski definition) is 1. The number of phenols is 1. The lowest BCUT2D eigenvalue weighted by Crippen LogP contribution is -2.48. The summed E-state index contributed by atoms with van der Waals surface area (Å²) in [5, 5.41) is 10.2. The van der Waals surface area contributed by atoms with Crippen LogP contribution in [0.5, 0.6) is 17.2 Å². The minimum atomic E-state index is 0.123. The number of aryl methyl sites for hydroxylation is 1. The van der Waals surface area contributed by atoms with E-state index in [9.17, 15) is 9.90 Å². The van der Waals surface area contributed by atoms with Gasteiger partial charge in [-0.05, 0) is 73.9 Å². The summed E-state index contributed by atoms with van der Waals surface area (Å²) in [7, 11) is 1.54. The van der Waals surface area contributed by atoms with Crippen molar-refractivity contribution in [1.29, 1.82) is 0 Å². The number of hydrogen-bond acceptors (Lipinski definition) is 5. The highest BCUT2D eigenvalue weighted by Gasteiger charge is 2.27. The Kier molecular flexibility index (Phi) is 7.53. The average molecular weight is 439 g/mol. The number of fused-ring (bicyclic) bond motifs is 3. The van der Waals surface area contributed by atoms with Gasteiger partial charge in [0.15, 0.2) is 11.5 Å². The fraction of sp³-hybridized carbons (Fsp3) is 0.500. The Balaban J connectivity index is 1.52. The van der Waals surface area contributed by atoms with Gasteiger partial charge in [-0.3, -0.25) is 9.69 Å². The maximum Gasteiger partial charge on any atom is 0.237 e. The molecule has 2 aliphatic heterocycles. The van der Waals surface area contributed by atoms with Crippen LogP contribution in [0.15, 0.2) is 42.5 Å². The van der Waals surface area contributed by atoms with E-state index >= 15 is 0 Å². The predicted molar refractivity (Wildman–Crippen MR) is 124 cm³/mol. The smallest absolute Gasteiger partial charge is 0.237 e. The molecule has 1 amide bonds. The molecule has 2 heterocycles. The van der Waals surface area contributed by atoms with E-state index < -0.39 is 0 Å². The molecule has 6 heteroatoms. The topological polar surface area (TPSA) is 62.2 Å². The summed E-state index contributed by atoms with van der Waals surface area (Å²) in [4.78, 5) is 17.6. The highest BCUT2D eigenvalue weighted by Crippen LogP contribution is 2.27. The minimum absolute atomic E-state index is 0.123. The molecule has 0 aromatic heterocycles. The lowest BCUT2D eigenvalue weighted by molar-refractivity contribution is -0.136. The van der Waals surface area contributed by atoms with Gasteiger partial charge in [0.05, 0.1) is 20.3 Å². The number of aromatic hydroxyl groups is 1. The number of benzene rings is 2. The number of phenolic OH excluding ortho intramolecular Hbond substituents is 1. The van der Waals surface area contributed by atoms with Crippen LogP contribution in [0.2, 0.25) is 0 Å². The quantitative estimate of drug-likeness (QED) is 0.785. The summed E-state index contributed by atoms with van der Waals surface area (Å²) in [5.74, 6) is 1.71. The first-order valence-corrected chi connectivity index (χ1v) is 11.7. The third-order valence-electron chi connectivity index (χ3n) is 6.51. The summed E-state index contributed by atoms with van der Waals surface area (Å²) >= 11 is 0. The van der Waals surface area contributed by atoms with Gasteiger partial charge in [-0.2, -0.15) is 0 Å². The van der Waals surface area contributed by atoms with Crippen LogP contribution in [0.4, 0.5) is 0 Å². The van der Waals surface area contributed by atoms with Crippen molar-refractivity contribution >= 4 is 5.91 Å². The van der Waals surface area contributed by atoms with Crippen LogP contribution in [-0.2, 0) is 17.8 Å². The molecule has 0 radical (unpaired) electrons. The van der Waals surface area contributed by atoms with Crippen LogP contribution in [0.1, 0.15) is 43.2 Å². The third kappa shape index (κ3) is 5.74. The maximum atomic E-state index is 13.3. The van der Waals surface area contributed by atoms with E-state index in [0.29, 0.717) is 31.5 Å². The molecule has 1 atom stereocenters. The largest absolute Gasteiger partial charge is 0.504 e. The summed E-state index contributed by atoms with van der Waals surface area (Å²) < 4.78 is 11.2. The fourth-order valence-electron chi connectivity index (χ4n) is 4.82. The molecular formula is C26H34N2O4. The monoisotopic (exact) mass is 438 g/mol. The van der Waals surface area contributed by atoms with E-state index in [2.05, 4.69) is 28.0 Å². The molecule has 6 nitrogen and oxygen atoms in total. The molecule has 0 saturated carbocycles. The number of amides is 1. The van der Waals surface area contributed by atoms with Crippen molar-refractivity contribution < 1.29 is 19.4 Å². The number of methoxy groups -OCH3 is 1. The van der Waals surface area contributed by atoms with E-state index in [0.717, 1.165) is 56.5 Å². The Bertz CT molecular complexity index is 916. The van der Waals surface area contributed by atoms with Crippen molar-refractivity contribution in [3.05, 3.63) is 53.6 Å². The van der Waals surface area contributed by atoms with E-state index in [1.807, 2.05) is 12.1 Å². The molecule has 4 rings (SSSR count). The van der Waals surface area contributed by atoms with Gasteiger partial charge in [0.2, 0.25) is 5.91 Å². The van der Waals surface area contributed by atoms with Crippen molar-refractivity contribution in [2.24, 2.45) is 0 Å². The van der Waals surface area contributed by atoms with Gasteiger partial charge in [0.1, 0.15) is 5.75 Å². The summed E-state index contributed by atoms with van der Waals surface area (Å²) in [6.07, 6.45) is 6.11. The van der Waals surface area contributed by atoms with Crippen LogP contribution < -0.4 is 9.47 Å². The molecule has 0 aliphatic carbocycles. The Morgan fingerprint density at radius 2 is 2.00 bits per heavy atom. The van der Waals surface area contributed by atoms with Crippen LogP contribution >= 0.6 is 0 Å². The van der Waals surface area contributed by atoms with Crippen LogP contribution in [-0.4, -0.2) is 60.2 Å². The number of piperidine rings is 1. The summed E-state index contributed by atoms with van der Waals surface area (Å²) in [6, 6.07) is 14.1. The number of rotatable bonds is 3. The molecule has 32 heavy (non-hydrogen) atoms. The molecule has 1 N–H and O–H groups in total. The van der Waals surface area contributed by atoms with E-state index in [1.165, 1.54) is 12.0 Å². The SMILES string of the molecule is COc1ccc(CN2CCCOc3cccc(c3)CCC3CCCCN3C(=O)C2)cc1O. The predicted octanol–water partition coefficient (Wildman–Crippen LogP) is 4.00. The highest BCUT2D eigenvalue weighted by atomic mass is 16.5. The van der Waals surface area contributed by atoms with Crippen LogP contribution in [0.25, 0.3) is 0 Å². The molecule has 0 spiro atoms. The van der Waals surface area contributed by atoms with Gasteiger partial charge >= 0.3 is 0 Å². The highest BCUT2D eigenvalue weighted by molar-refractivity contribution is 5.78. The van der Waals surface area contributed by atoms with E-state index in [1.54, 1.807) is 19.2 Å². The number of carbonyl (C=O) groups excluding carboxylic acids is 1. The van der Waals surface area contributed by atoms with Crippen molar-refractivity contribution in [1.82, 2.24) is 9.80 Å². The standard InChI is InChI=1S/C26H34N2O4/c1-31-25-12-10-21(17-24(25)29)18-27-13-5-15-32-23-8-4-6-20(16-23)9-11-22-7-2-3-14-28(22)26(30)19-27/h4,6,8,10,12,16-17,22,29H,2-3,5,7,9,11,13-15,18-19H2,1H3. The van der Waals surface area contributed by atoms with Gasteiger partial charge in [-0.25, -0.2) is 0 Å². The first-order valence-electron chi connectivity index (χ1n) is 11.7. The number of nitrogens with zero attached hydrogens (tertiary/aromatic N) is 2. The molecule has 1 saturated heterocycles. The zero-order valence-electron chi connectivity index (χ0n) is 19.0. The Morgan fingerprint density at radius 3 is 2.84 bits per heavy atom. The van der Waals surface area contributed by atoms with Crippen molar-refractivity contribution in [3.8, 4) is 17.2 Å². The first kappa shape index (κ1) is 22.5.